The summed E-state index contributed by atoms with van der Waals surface area (Å²) in [5.41, 5.74) is 1.58. The van der Waals surface area contributed by atoms with Crippen LogP contribution in [0.1, 0.15) is 24.5 Å². The molecular formula is C15H21NO3. The molecule has 1 aromatic rings. The number of rotatable bonds is 4. The fourth-order valence-corrected chi connectivity index (χ4v) is 2.32. The minimum atomic E-state index is -0.704. The molecule has 104 valence electrons. The molecule has 4 heteroatoms. The Labute approximate surface area is 114 Å². The number of ether oxygens (including phenoxy) is 1. The number of aryl methyl sites for hydroxylation is 2. The maximum absolute atomic E-state index is 11.8. The summed E-state index contributed by atoms with van der Waals surface area (Å²) in [6.07, 6.45) is 0.351. The molecule has 0 aliphatic carbocycles. The molecule has 0 radical (unpaired) electrons. The van der Waals surface area contributed by atoms with Crippen molar-refractivity contribution in [3.63, 3.8) is 0 Å². The highest BCUT2D eigenvalue weighted by Crippen LogP contribution is 2.21. The highest BCUT2D eigenvalue weighted by molar-refractivity contribution is 5.77. The van der Waals surface area contributed by atoms with E-state index >= 15 is 0 Å². The second kappa shape index (κ2) is 5.21. The number of carbonyl (C=O) groups excluding carboxylic acids is 1. The van der Waals surface area contributed by atoms with Crippen LogP contribution < -0.4 is 4.74 Å². The maximum atomic E-state index is 11.8. The standard InChI is InChI=1S/C15H21NO3/c1-11-4-5-13(12(2)8-11)19-7-6-14(17)16-9-15(3,18)10-16/h4-5,8,18H,6-7,9-10H2,1-3H3. The summed E-state index contributed by atoms with van der Waals surface area (Å²) in [6, 6.07) is 5.99. The van der Waals surface area contributed by atoms with Crippen molar-refractivity contribution in [2.45, 2.75) is 32.8 Å². The molecule has 0 unspecified atom stereocenters. The van der Waals surface area contributed by atoms with E-state index in [0.29, 0.717) is 26.1 Å². The fraction of sp³-hybridized carbons (Fsp3) is 0.533. The van der Waals surface area contributed by atoms with Crippen LogP contribution in [0.15, 0.2) is 18.2 Å². The van der Waals surface area contributed by atoms with Crippen LogP contribution in [0.5, 0.6) is 5.75 Å². The Bertz CT molecular complexity index is 474. The van der Waals surface area contributed by atoms with Crippen molar-refractivity contribution in [2.75, 3.05) is 19.7 Å². The first-order valence-corrected chi connectivity index (χ1v) is 6.58. The van der Waals surface area contributed by atoms with Gasteiger partial charge in [-0.3, -0.25) is 4.79 Å². The second-order valence-corrected chi connectivity index (χ2v) is 5.61. The number of aliphatic hydroxyl groups is 1. The van der Waals surface area contributed by atoms with E-state index < -0.39 is 5.60 Å². The van der Waals surface area contributed by atoms with E-state index in [1.807, 2.05) is 26.0 Å². The predicted molar refractivity (Wildman–Crippen MR) is 73.2 cm³/mol. The van der Waals surface area contributed by atoms with E-state index in [2.05, 4.69) is 6.07 Å². The molecule has 0 spiro atoms. The van der Waals surface area contributed by atoms with Crippen molar-refractivity contribution in [3.05, 3.63) is 29.3 Å². The lowest BCUT2D eigenvalue weighted by Gasteiger charge is -2.44. The van der Waals surface area contributed by atoms with E-state index in [1.54, 1.807) is 11.8 Å². The third kappa shape index (κ3) is 3.47. The van der Waals surface area contributed by atoms with E-state index in [4.69, 9.17) is 4.74 Å². The third-order valence-electron chi connectivity index (χ3n) is 3.32. The van der Waals surface area contributed by atoms with Crippen LogP contribution in [0.25, 0.3) is 0 Å². The summed E-state index contributed by atoms with van der Waals surface area (Å²) < 4.78 is 5.62. The largest absolute Gasteiger partial charge is 0.493 e. The van der Waals surface area contributed by atoms with Gasteiger partial charge in [-0.15, -0.1) is 0 Å². The molecule has 19 heavy (non-hydrogen) atoms. The number of nitrogens with zero attached hydrogens (tertiary/aromatic N) is 1. The minimum Gasteiger partial charge on any atom is -0.493 e. The quantitative estimate of drug-likeness (QED) is 0.899. The number of β-amino-alcohol motifs (C(OH)–C–C–N with tert-alkyl or cyclic N) is 1. The van der Waals surface area contributed by atoms with Crippen molar-refractivity contribution in [1.29, 1.82) is 0 Å². The SMILES string of the molecule is Cc1ccc(OCCC(=O)N2CC(C)(O)C2)c(C)c1. The molecule has 1 fully saturated rings. The summed E-state index contributed by atoms with van der Waals surface area (Å²) in [5, 5.41) is 9.57. The van der Waals surface area contributed by atoms with Crippen LogP contribution in [0.3, 0.4) is 0 Å². The summed E-state index contributed by atoms with van der Waals surface area (Å²) in [6.45, 7) is 7.00. The Morgan fingerprint density at radius 1 is 1.42 bits per heavy atom. The molecule has 1 N–H and O–H groups in total. The average Bonchev–Trinajstić information content (AvgIpc) is 2.28. The normalized spacial score (nSPS) is 16.9. The molecule has 4 nitrogen and oxygen atoms in total. The highest BCUT2D eigenvalue weighted by atomic mass is 16.5. The first-order valence-electron chi connectivity index (χ1n) is 6.58. The van der Waals surface area contributed by atoms with Crippen LogP contribution in [-0.2, 0) is 4.79 Å². The molecule has 0 atom stereocenters. The Morgan fingerprint density at radius 2 is 2.11 bits per heavy atom. The van der Waals surface area contributed by atoms with Gasteiger partial charge in [0.1, 0.15) is 5.75 Å². The molecule has 1 saturated heterocycles. The fourth-order valence-electron chi connectivity index (χ4n) is 2.32. The van der Waals surface area contributed by atoms with Gasteiger partial charge in [-0.25, -0.2) is 0 Å². The molecule has 1 aromatic carbocycles. The van der Waals surface area contributed by atoms with Crippen molar-refractivity contribution in [2.24, 2.45) is 0 Å². The van der Waals surface area contributed by atoms with Gasteiger partial charge in [0, 0.05) is 0 Å². The average molecular weight is 263 g/mol. The topological polar surface area (TPSA) is 49.8 Å². The summed E-state index contributed by atoms with van der Waals surface area (Å²) in [4.78, 5) is 13.4. The minimum absolute atomic E-state index is 0.0382. The Kier molecular flexibility index (Phi) is 3.80. The molecule has 0 bridgehead atoms. The summed E-state index contributed by atoms with van der Waals surface area (Å²) in [5.74, 6) is 0.866. The van der Waals surface area contributed by atoms with E-state index in [-0.39, 0.29) is 5.91 Å². The smallest absolute Gasteiger partial charge is 0.226 e. The number of hydrogen-bond donors (Lipinski definition) is 1. The number of carbonyl (C=O) groups is 1. The lowest BCUT2D eigenvalue weighted by atomic mass is 9.97. The zero-order valence-corrected chi connectivity index (χ0v) is 11.8. The van der Waals surface area contributed by atoms with Gasteiger partial charge in [0.15, 0.2) is 0 Å². The van der Waals surface area contributed by atoms with Crippen LogP contribution in [0.4, 0.5) is 0 Å². The van der Waals surface area contributed by atoms with Crippen molar-refractivity contribution in [1.82, 2.24) is 4.90 Å². The van der Waals surface area contributed by atoms with Crippen molar-refractivity contribution in [3.8, 4) is 5.75 Å². The molecule has 1 amide bonds. The van der Waals surface area contributed by atoms with Gasteiger partial charge >= 0.3 is 0 Å². The Balaban J connectivity index is 1.76. The number of amides is 1. The summed E-state index contributed by atoms with van der Waals surface area (Å²) in [7, 11) is 0. The monoisotopic (exact) mass is 263 g/mol. The van der Waals surface area contributed by atoms with Gasteiger partial charge in [0.05, 0.1) is 31.7 Å². The zero-order chi connectivity index (χ0) is 14.0. The first-order chi connectivity index (χ1) is 8.87. The van der Waals surface area contributed by atoms with E-state index in [9.17, 15) is 9.90 Å². The molecule has 1 aliphatic rings. The molecule has 0 saturated carbocycles. The molecule has 0 aromatic heterocycles. The number of benzene rings is 1. The van der Waals surface area contributed by atoms with Gasteiger partial charge in [-0.2, -0.15) is 0 Å². The van der Waals surface area contributed by atoms with Gasteiger partial charge in [0.2, 0.25) is 5.91 Å². The third-order valence-corrected chi connectivity index (χ3v) is 3.32. The highest BCUT2D eigenvalue weighted by Gasteiger charge is 2.38. The number of hydrogen-bond acceptors (Lipinski definition) is 3. The Morgan fingerprint density at radius 3 is 2.68 bits per heavy atom. The van der Waals surface area contributed by atoms with Gasteiger partial charge < -0.3 is 14.7 Å². The lowest BCUT2D eigenvalue weighted by Crippen LogP contribution is -2.61. The van der Waals surface area contributed by atoms with Gasteiger partial charge in [-0.05, 0) is 32.4 Å². The van der Waals surface area contributed by atoms with E-state index in [1.165, 1.54) is 5.56 Å². The lowest BCUT2D eigenvalue weighted by molar-refractivity contribution is -0.152. The van der Waals surface area contributed by atoms with Gasteiger partial charge in [-0.1, -0.05) is 17.7 Å². The molecule has 2 rings (SSSR count). The second-order valence-electron chi connectivity index (χ2n) is 5.61. The van der Waals surface area contributed by atoms with E-state index in [0.717, 1.165) is 11.3 Å². The van der Waals surface area contributed by atoms with Crippen molar-refractivity contribution < 1.29 is 14.6 Å². The first kappa shape index (κ1) is 13.9. The zero-order valence-electron chi connectivity index (χ0n) is 11.8. The van der Waals surface area contributed by atoms with Crippen LogP contribution in [0, 0.1) is 13.8 Å². The predicted octanol–water partition coefficient (Wildman–Crippen LogP) is 1.67. The molecular weight excluding hydrogens is 242 g/mol. The van der Waals surface area contributed by atoms with Crippen LogP contribution in [0.2, 0.25) is 0 Å². The number of likely N-dealkylation sites (tertiary alicyclic amines) is 1. The maximum Gasteiger partial charge on any atom is 0.226 e. The summed E-state index contributed by atoms with van der Waals surface area (Å²) >= 11 is 0. The molecule has 1 heterocycles. The van der Waals surface area contributed by atoms with Gasteiger partial charge in [0.25, 0.3) is 0 Å². The molecule has 1 aliphatic heterocycles. The van der Waals surface area contributed by atoms with Crippen LogP contribution in [-0.4, -0.2) is 41.2 Å². The van der Waals surface area contributed by atoms with Crippen molar-refractivity contribution >= 4 is 5.91 Å². The Hall–Kier alpha value is -1.55. The van der Waals surface area contributed by atoms with Crippen LogP contribution >= 0.6 is 0 Å².